The molecule has 106 valence electrons. The van der Waals surface area contributed by atoms with Crippen molar-refractivity contribution in [2.75, 3.05) is 0 Å². The average molecular weight is 282 g/mol. The molecule has 0 saturated carbocycles. The van der Waals surface area contributed by atoms with E-state index in [1.54, 1.807) is 18.2 Å². The van der Waals surface area contributed by atoms with Gasteiger partial charge in [-0.2, -0.15) is 0 Å². The largest absolute Gasteiger partial charge is 0.487 e. The number of carboxylic acids is 1. The minimum absolute atomic E-state index is 0.0542. The van der Waals surface area contributed by atoms with Gasteiger partial charge in [0, 0.05) is 18.0 Å². The second-order valence-corrected chi connectivity index (χ2v) is 4.67. The summed E-state index contributed by atoms with van der Waals surface area (Å²) in [6.45, 7) is 0.304. The Morgan fingerprint density at radius 1 is 1.19 bits per heavy atom. The molecule has 2 aromatic heterocycles. The van der Waals surface area contributed by atoms with Crippen LogP contribution in [0.3, 0.4) is 0 Å². The van der Waals surface area contributed by atoms with Crippen molar-refractivity contribution < 1.29 is 14.6 Å². The maximum atomic E-state index is 10.8. The van der Waals surface area contributed by atoms with Crippen molar-refractivity contribution in [3.8, 4) is 5.75 Å². The molecule has 0 aliphatic heterocycles. The molecule has 0 aliphatic rings. The van der Waals surface area contributed by atoms with Gasteiger partial charge >= 0.3 is 5.97 Å². The van der Waals surface area contributed by atoms with Crippen LogP contribution in [0.2, 0.25) is 0 Å². The van der Waals surface area contributed by atoms with Gasteiger partial charge in [-0.1, -0.05) is 24.3 Å². The Bertz CT molecular complexity index is 747. The molecule has 5 heteroatoms. The number of rotatable bonds is 5. The van der Waals surface area contributed by atoms with E-state index in [0.717, 1.165) is 11.3 Å². The Hall–Kier alpha value is -2.82. The lowest BCUT2D eigenvalue weighted by molar-refractivity contribution is -0.136. The van der Waals surface area contributed by atoms with Crippen molar-refractivity contribution in [2.45, 2.75) is 13.0 Å². The number of ether oxygens (including phenoxy) is 1. The van der Waals surface area contributed by atoms with Gasteiger partial charge in [0.05, 0.1) is 12.1 Å². The van der Waals surface area contributed by atoms with Crippen LogP contribution in [0, 0.1) is 0 Å². The van der Waals surface area contributed by atoms with E-state index in [2.05, 4.69) is 4.98 Å². The molecule has 1 N–H and O–H groups in total. The van der Waals surface area contributed by atoms with Crippen LogP contribution in [0.1, 0.15) is 11.3 Å². The molecule has 21 heavy (non-hydrogen) atoms. The minimum atomic E-state index is -0.876. The first-order chi connectivity index (χ1) is 10.2. The molecule has 2 heterocycles. The summed E-state index contributed by atoms with van der Waals surface area (Å²) in [6.07, 6.45) is 3.76. The van der Waals surface area contributed by atoms with Gasteiger partial charge in [0.25, 0.3) is 0 Å². The number of fused-ring (bicyclic) bond motifs is 1. The highest BCUT2D eigenvalue weighted by atomic mass is 16.5. The smallest absolute Gasteiger partial charge is 0.307 e. The lowest BCUT2D eigenvalue weighted by atomic mass is 10.1. The van der Waals surface area contributed by atoms with Crippen LogP contribution >= 0.6 is 0 Å². The molecule has 0 fully saturated rings. The number of hydrogen-bond donors (Lipinski definition) is 1. The van der Waals surface area contributed by atoms with Crippen LogP contribution in [0.25, 0.3) is 5.65 Å². The maximum Gasteiger partial charge on any atom is 0.307 e. The van der Waals surface area contributed by atoms with E-state index in [0.29, 0.717) is 17.9 Å². The Labute approximate surface area is 121 Å². The first-order valence-electron chi connectivity index (χ1n) is 6.57. The van der Waals surface area contributed by atoms with Gasteiger partial charge in [0.15, 0.2) is 0 Å². The summed E-state index contributed by atoms with van der Waals surface area (Å²) in [5.41, 5.74) is 2.31. The van der Waals surface area contributed by atoms with Gasteiger partial charge in [0.2, 0.25) is 0 Å². The zero-order valence-electron chi connectivity index (χ0n) is 11.3. The van der Waals surface area contributed by atoms with Gasteiger partial charge in [-0.25, -0.2) is 4.98 Å². The van der Waals surface area contributed by atoms with E-state index in [9.17, 15) is 4.79 Å². The zero-order chi connectivity index (χ0) is 14.7. The molecular weight excluding hydrogens is 268 g/mol. The minimum Gasteiger partial charge on any atom is -0.487 e. The van der Waals surface area contributed by atoms with Crippen LogP contribution in [0.4, 0.5) is 0 Å². The first kappa shape index (κ1) is 13.2. The zero-order valence-corrected chi connectivity index (χ0v) is 11.3. The van der Waals surface area contributed by atoms with Gasteiger partial charge in [-0.05, 0) is 18.2 Å². The molecule has 1 aromatic carbocycles. The predicted molar refractivity (Wildman–Crippen MR) is 77.3 cm³/mol. The molecule has 0 bridgehead atoms. The molecule has 0 spiro atoms. The summed E-state index contributed by atoms with van der Waals surface area (Å²) in [7, 11) is 0. The Kier molecular flexibility index (Phi) is 3.55. The summed E-state index contributed by atoms with van der Waals surface area (Å²) in [5.74, 6) is -0.296. The van der Waals surface area contributed by atoms with Gasteiger partial charge < -0.3 is 14.2 Å². The van der Waals surface area contributed by atoms with Crippen molar-refractivity contribution in [3.63, 3.8) is 0 Å². The second kappa shape index (κ2) is 5.66. The second-order valence-electron chi connectivity index (χ2n) is 4.67. The highest BCUT2D eigenvalue weighted by Gasteiger charge is 2.08. The molecule has 0 radical (unpaired) electrons. The van der Waals surface area contributed by atoms with Crippen molar-refractivity contribution >= 4 is 11.6 Å². The lowest BCUT2D eigenvalue weighted by Crippen LogP contribution is -2.04. The third kappa shape index (κ3) is 3.02. The number of benzene rings is 1. The van der Waals surface area contributed by atoms with E-state index in [4.69, 9.17) is 9.84 Å². The number of imidazole rings is 1. The van der Waals surface area contributed by atoms with Crippen LogP contribution in [0.15, 0.2) is 54.9 Å². The van der Waals surface area contributed by atoms with Gasteiger partial charge in [-0.3, -0.25) is 4.79 Å². The predicted octanol–water partition coefficient (Wildman–Crippen LogP) is 2.54. The van der Waals surface area contributed by atoms with E-state index in [1.165, 1.54) is 0 Å². The molecule has 0 saturated heterocycles. The summed E-state index contributed by atoms with van der Waals surface area (Å²) in [6, 6.07) is 12.9. The maximum absolute atomic E-state index is 10.8. The fourth-order valence-corrected chi connectivity index (χ4v) is 2.16. The molecule has 0 amide bonds. The molecule has 0 aliphatic carbocycles. The third-order valence-electron chi connectivity index (χ3n) is 3.10. The van der Waals surface area contributed by atoms with Crippen molar-refractivity contribution in [3.05, 3.63) is 66.1 Å². The summed E-state index contributed by atoms with van der Waals surface area (Å²) in [5, 5.41) is 8.90. The average Bonchev–Trinajstić information content (AvgIpc) is 2.88. The number of aromatic nitrogens is 2. The number of nitrogens with zero attached hydrogens (tertiary/aromatic N) is 2. The number of aliphatic carboxylic acids is 1. The van der Waals surface area contributed by atoms with Crippen molar-refractivity contribution in [1.82, 2.24) is 9.38 Å². The molecule has 0 atom stereocenters. The number of carbonyl (C=O) groups is 1. The summed E-state index contributed by atoms with van der Waals surface area (Å²) >= 11 is 0. The third-order valence-corrected chi connectivity index (χ3v) is 3.10. The fraction of sp³-hybridized carbons (Fsp3) is 0.125. The van der Waals surface area contributed by atoms with Crippen molar-refractivity contribution in [1.29, 1.82) is 0 Å². The summed E-state index contributed by atoms with van der Waals surface area (Å²) in [4.78, 5) is 15.3. The molecule has 0 unspecified atom stereocenters. The lowest BCUT2D eigenvalue weighted by Gasteiger charge is -2.08. The Balaban J connectivity index is 1.76. The molecule has 5 nitrogen and oxygen atoms in total. The molecular formula is C16H14N2O3. The summed E-state index contributed by atoms with van der Waals surface area (Å²) < 4.78 is 7.63. The highest BCUT2D eigenvalue weighted by Crippen LogP contribution is 2.20. The molecule has 3 rings (SSSR count). The van der Waals surface area contributed by atoms with Crippen molar-refractivity contribution in [2.24, 2.45) is 0 Å². The Morgan fingerprint density at radius 3 is 2.81 bits per heavy atom. The highest BCUT2D eigenvalue weighted by molar-refractivity contribution is 5.71. The first-order valence-corrected chi connectivity index (χ1v) is 6.57. The van der Waals surface area contributed by atoms with E-state index in [1.807, 2.05) is 41.1 Å². The van der Waals surface area contributed by atoms with Crippen LogP contribution in [-0.4, -0.2) is 20.5 Å². The van der Waals surface area contributed by atoms with E-state index in [-0.39, 0.29) is 6.42 Å². The van der Waals surface area contributed by atoms with E-state index < -0.39 is 5.97 Å². The number of pyridine rings is 1. The quantitative estimate of drug-likeness (QED) is 0.781. The number of carboxylic acid groups (broad SMARTS) is 1. The van der Waals surface area contributed by atoms with E-state index >= 15 is 0 Å². The molecule has 3 aromatic rings. The van der Waals surface area contributed by atoms with Crippen LogP contribution < -0.4 is 4.74 Å². The number of hydrogen-bond acceptors (Lipinski definition) is 3. The number of para-hydroxylation sites is 1. The normalized spacial score (nSPS) is 10.7. The fourth-order valence-electron chi connectivity index (χ4n) is 2.16. The van der Waals surface area contributed by atoms with Gasteiger partial charge in [0.1, 0.15) is 18.0 Å². The van der Waals surface area contributed by atoms with Crippen LogP contribution in [0.5, 0.6) is 5.75 Å². The standard InChI is InChI=1S/C16H14N2O3/c19-16(20)9-12-5-1-2-6-14(12)21-11-13-10-18-8-4-3-7-15(18)17-13/h1-8,10H,9,11H2,(H,19,20). The van der Waals surface area contributed by atoms with Gasteiger partial charge in [-0.15, -0.1) is 0 Å². The Morgan fingerprint density at radius 2 is 2.00 bits per heavy atom. The topological polar surface area (TPSA) is 63.8 Å². The van der Waals surface area contributed by atoms with Crippen LogP contribution in [-0.2, 0) is 17.8 Å². The monoisotopic (exact) mass is 282 g/mol. The SMILES string of the molecule is O=C(O)Cc1ccccc1OCc1cn2ccccc2n1.